The number of benzene rings is 1. The highest BCUT2D eigenvalue weighted by Crippen LogP contribution is 2.34. The number of hydrazone groups is 1. The van der Waals surface area contributed by atoms with Gasteiger partial charge in [0.05, 0.1) is 18.5 Å². The van der Waals surface area contributed by atoms with E-state index in [4.69, 9.17) is 4.74 Å². The summed E-state index contributed by atoms with van der Waals surface area (Å²) in [5.74, 6) is 0.820. The third-order valence-electron chi connectivity index (χ3n) is 3.40. The van der Waals surface area contributed by atoms with Crippen molar-refractivity contribution < 1.29 is 9.84 Å². The van der Waals surface area contributed by atoms with Gasteiger partial charge in [0, 0.05) is 28.9 Å². The number of pyridine rings is 1. The lowest BCUT2D eigenvalue weighted by molar-refractivity contribution is 0.412. The Morgan fingerprint density at radius 3 is 2.79 bits per heavy atom. The molecule has 0 spiro atoms. The van der Waals surface area contributed by atoms with Crippen molar-refractivity contribution >= 4 is 22.2 Å². The van der Waals surface area contributed by atoms with Crippen LogP contribution in [0.3, 0.4) is 0 Å². The van der Waals surface area contributed by atoms with Crippen molar-refractivity contribution in [2.24, 2.45) is 5.10 Å². The van der Waals surface area contributed by atoms with Crippen LogP contribution in [0.15, 0.2) is 53.2 Å². The molecule has 0 aliphatic rings. The molecule has 2 aromatic heterocycles. The van der Waals surface area contributed by atoms with Crippen LogP contribution in [0, 0.1) is 0 Å². The van der Waals surface area contributed by atoms with Gasteiger partial charge in [-0.2, -0.15) is 5.10 Å². The second-order valence-electron chi connectivity index (χ2n) is 4.97. The second kappa shape index (κ2) is 7.10. The van der Waals surface area contributed by atoms with Crippen LogP contribution < -0.4 is 10.2 Å². The smallest absolute Gasteiger partial charge is 0.203 e. The van der Waals surface area contributed by atoms with Gasteiger partial charge in [0.1, 0.15) is 11.5 Å². The van der Waals surface area contributed by atoms with Crippen molar-refractivity contribution in [3.63, 3.8) is 0 Å². The number of nitrogens with zero attached hydrogens (tertiary/aromatic N) is 3. The molecular weight excluding hydrogens is 324 g/mol. The molecule has 0 bridgehead atoms. The molecule has 0 saturated carbocycles. The van der Waals surface area contributed by atoms with Gasteiger partial charge in [-0.25, -0.2) is 4.98 Å². The summed E-state index contributed by atoms with van der Waals surface area (Å²) < 4.78 is 5.19. The van der Waals surface area contributed by atoms with Gasteiger partial charge in [-0.3, -0.25) is 10.4 Å². The number of anilines is 1. The molecule has 0 aliphatic carbocycles. The first-order chi connectivity index (χ1) is 11.7. The lowest BCUT2D eigenvalue weighted by atomic mass is 10.1. The Labute approximate surface area is 143 Å². The monoisotopic (exact) mass is 340 g/mol. The van der Waals surface area contributed by atoms with E-state index in [9.17, 15) is 5.11 Å². The average molecular weight is 340 g/mol. The predicted molar refractivity (Wildman–Crippen MR) is 95.8 cm³/mol. The summed E-state index contributed by atoms with van der Waals surface area (Å²) in [4.78, 5) is 8.44. The molecule has 6 nitrogen and oxygen atoms in total. The Balaban J connectivity index is 1.79. The molecule has 7 heteroatoms. The maximum absolute atomic E-state index is 10.0. The van der Waals surface area contributed by atoms with Crippen molar-refractivity contribution in [3.8, 4) is 22.8 Å². The Morgan fingerprint density at radius 1 is 1.25 bits per heavy atom. The number of nitrogens with one attached hydrogen (secondary N) is 1. The van der Waals surface area contributed by atoms with Crippen LogP contribution in [0.25, 0.3) is 11.3 Å². The van der Waals surface area contributed by atoms with E-state index in [1.807, 2.05) is 24.4 Å². The molecule has 2 heterocycles. The van der Waals surface area contributed by atoms with Crippen LogP contribution in [0.2, 0.25) is 0 Å². The normalized spacial score (nSPS) is 11.3. The van der Waals surface area contributed by atoms with E-state index in [2.05, 4.69) is 20.5 Å². The fourth-order valence-electron chi connectivity index (χ4n) is 2.09. The number of phenolic OH excluding ortho intramolecular Hbond substituents is 1. The van der Waals surface area contributed by atoms with E-state index < -0.39 is 0 Å². The molecule has 0 unspecified atom stereocenters. The van der Waals surface area contributed by atoms with Crippen LogP contribution in [-0.4, -0.2) is 27.9 Å². The molecular formula is C17H16N4O2S. The maximum Gasteiger partial charge on any atom is 0.203 e. The van der Waals surface area contributed by atoms with Gasteiger partial charge in [0.2, 0.25) is 5.13 Å². The summed E-state index contributed by atoms with van der Waals surface area (Å²) in [6.07, 6.45) is 3.45. The predicted octanol–water partition coefficient (Wildman–Crippen LogP) is 3.76. The van der Waals surface area contributed by atoms with Crippen molar-refractivity contribution in [2.75, 3.05) is 12.5 Å². The van der Waals surface area contributed by atoms with Crippen LogP contribution in [0.1, 0.15) is 12.5 Å². The number of phenols is 1. The van der Waals surface area contributed by atoms with Gasteiger partial charge in [-0.15, -0.1) is 11.3 Å². The fraction of sp³-hybridized carbons (Fsp3) is 0.118. The summed E-state index contributed by atoms with van der Waals surface area (Å²) in [6, 6.07) is 8.82. The zero-order chi connectivity index (χ0) is 16.9. The number of aromatic nitrogens is 2. The van der Waals surface area contributed by atoms with Crippen LogP contribution in [-0.2, 0) is 0 Å². The highest BCUT2D eigenvalue weighted by atomic mass is 32.1. The van der Waals surface area contributed by atoms with Crippen molar-refractivity contribution in [1.82, 2.24) is 9.97 Å². The SMILES string of the molecule is COc1ccc(O)c(-c2csc(N/N=C(\C)c3ccncc3)n2)c1. The van der Waals surface area contributed by atoms with Gasteiger partial charge in [-0.05, 0) is 37.3 Å². The van der Waals surface area contributed by atoms with Crippen LogP contribution in [0.4, 0.5) is 5.13 Å². The molecule has 0 amide bonds. The third kappa shape index (κ3) is 3.52. The lowest BCUT2D eigenvalue weighted by Crippen LogP contribution is -1.99. The van der Waals surface area contributed by atoms with Gasteiger partial charge in [0.15, 0.2) is 0 Å². The topological polar surface area (TPSA) is 79.6 Å². The average Bonchev–Trinajstić information content (AvgIpc) is 3.09. The first kappa shape index (κ1) is 15.9. The minimum absolute atomic E-state index is 0.157. The van der Waals surface area contributed by atoms with Crippen molar-refractivity contribution in [1.29, 1.82) is 0 Å². The minimum atomic E-state index is 0.157. The Morgan fingerprint density at radius 2 is 2.04 bits per heavy atom. The number of methoxy groups -OCH3 is 1. The first-order valence-corrected chi connectivity index (χ1v) is 8.09. The zero-order valence-electron chi connectivity index (χ0n) is 13.2. The number of rotatable bonds is 5. The van der Waals surface area contributed by atoms with E-state index >= 15 is 0 Å². The van der Waals surface area contributed by atoms with E-state index in [1.54, 1.807) is 37.7 Å². The molecule has 0 saturated heterocycles. The zero-order valence-corrected chi connectivity index (χ0v) is 14.0. The minimum Gasteiger partial charge on any atom is -0.507 e. The Bertz CT molecular complexity index is 862. The number of ether oxygens (including phenoxy) is 1. The molecule has 122 valence electrons. The largest absolute Gasteiger partial charge is 0.507 e. The quantitative estimate of drug-likeness (QED) is 0.546. The van der Waals surface area contributed by atoms with Gasteiger partial charge < -0.3 is 9.84 Å². The molecule has 3 rings (SSSR count). The van der Waals surface area contributed by atoms with E-state index in [-0.39, 0.29) is 5.75 Å². The summed E-state index contributed by atoms with van der Waals surface area (Å²) in [6.45, 7) is 1.91. The van der Waals surface area contributed by atoms with E-state index in [0.29, 0.717) is 22.1 Å². The number of hydrogen-bond acceptors (Lipinski definition) is 7. The molecule has 0 aliphatic heterocycles. The summed E-state index contributed by atoms with van der Waals surface area (Å²) in [7, 11) is 1.58. The molecule has 0 fully saturated rings. The molecule has 0 radical (unpaired) electrons. The molecule has 24 heavy (non-hydrogen) atoms. The number of aromatic hydroxyl groups is 1. The van der Waals surface area contributed by atoms with Gasteiger partial charge >= 0.3 is 0 Å². The molecule has 2 N–H and O–H groups in total. The highest BCUT2D eigenvalue weighted by molar-refractivity contribution is 7.14. The van der Waals surface area contributed by atoms with Gasteiger partial charge in [0.25, 0.3) is 0 Å². The Kier molecular flexibility index (Phi) is 4.72. The summed E-state index contributed by atoms with van der Waals surface area (Å²) >= 11 is 1.41. The lowest BCUT2D eigenvalue weighted by Gasteiger charge is -2.04. The first-order valence-electron chi connectivity index (χ1n) is 7.21. The number of thiazole rings is 1. The molecule has 0 atom stereocenters. The summed E-state index contributed by atoms with van der Waals surface area (Å²) in [5, 5.41) is 16.8. The third-order valence-corrected chi connectivity index (χ3v) is 4.15. The van der Waals surface area contributed by atoms with Gasteiger partial charge in [-0.1, -0.05) is 0 Å². The second-order valence-corrected chi connectivity index (χ2v) is 5.82. The van der Waals surface area contributed by atoms with Crippen molar-refractivity contribution in [3.05, 3.63) is 53.7 Å². The fourth-order valence-corrected chi connectivity index (χ4v) is 2.74. The highest BCUT2D eigenvalue weighted by Gasteiger charge is 2.10. The number of hydrogen-bond donors (Lipinski definition) is 2. The van der Waals surface area contributed by atoms with E-state index in [1.165, 1.54) is 11.3 Å². The summed E-state index contributed by atoms with van der Waals surface area (Å²) in [5.41, 5.74) is 6.04. The van der Waals surface area contributed by atoms with Crippen molar-refractivity contribution in [2.45, 2.75) is 6.92 Å². The van der Waals surface area contributed by atoms with Crippen LogP contribution >= 0.6 is 11.3 Å². The maximum atomic E-state index is 10.0. The van der Waals surface area contributed by atoms with E-state index in [0.717, 1.165) is 11.3 Å². The Hall–Kier alpha value is -2.93. The molecule has 3 aromatic rings. The standard InChI is InChI=1S/C17H16N4O2S/c1-11(12-5-7-18-8-6-12)20-21-17-19-15(10-24-17)14-9-13(23-2)3-4-16(14)22/h3-10,22H,1-2H3,(H,19,21)/b20-11+. The molecule has 1 aromatic carbocycles. The van der Waals surface area contributed by atoms with Crippen LogP contribution in [0.5, 0.6) is 11.5 Å².